The zero-order valence-corrected chi connectivity index (χ0v) is 10.3. The maximum absolute atomic E-state index is 10.2. The summed E-state index contributed by atoms with van der Waals surface area (Å²) in [5.74, 6) is -4.65. The van der Waals surface area contributed by atoms with E-state index in [1.165, 1.54) is 0 Å². The van der Waals surface area contributed by atoms with E-state index < -0.39 is 36.4 Å². The van der Waals surface area contributed by atoms with E-state index in [0.717, 1.165) is 0 Å². The third-order valence-electron chi connectivity index (χ3n) is 2.00. The maximum atomic E-state index is 10.2. The minimum absolute atomic E-state index is 0.697. The lowest BCUT2D eigenvalue weighted by Crippen LogP contribution is -2.51. The molecule has 0 aliphatic carbocycles. The maximum Gasteiger partial charge on any atom is 0.306 e. The minimum atomic E-state index is -2.85. The predicted molar refractivity (Wildman–Crippen MR) is 61.9 cm³/mol. The van der Waals surface area contributed by atoms with Gasteiger partial charge in [-0.1, -0.05) is 6.07 Å². The van der Waals surface area contributed by atoms with Crippen LogP contribution in [0.15, 0.2) is 24.4 Å². The van der Waals surface area contributed by atoms with Crippen LogP contribution in [0.1, 0.15) is 12.8 Å². The van der Waals surface area contributed by atoms with Gasteiger partial charge in [-0.3, -0.25) is 15.3 Å². The number of carboxylic acid groups (broad SMARTS) is 3. The number of rotatable bonds is 5. The summed E-state index contributed by atoms with van der Waals surface area (Å²) >= 11 is 0. The number of H-pyrrole nitrogens is 1. The fourth-order valence-electron chi connectivity index (χ4n) is 1.11. The highest BCUT2D eigenvalue weighted by atomic mass is 16.4. The predicted octanol–water partition coefficient (Wildman–Crippen LogP) is -2.50. The van der Waals surface area contributed by atoms with Crippen LogP contribution < -0.4 is 15.8 Å². The third-order valence-corrected chi connectivity index (χ3v) is 2.00. The zero-order chi connectivity index (χ0) is 15.8. The minimum Gasteiger partial charge on any atom is -0.547 e. The van der Waals surface area contributed by atoms with Gasteiger partial charge in [0.2, 0.25) is 0 Å². The van der Waals surface area contributed by atoms with Crippen LogP contribution in [-0.4, -0.2) is 38.8 Å². The summed E-state index contributed by atoms with van der Waals surface area (Å²) in [7, 11) is 0. The van der Waals surface area contributed by atoms with E-state index in [1.54, 1.807) is 12.3 Å². The van der Waals surface area contributed by atoms with Gasteiger partial charge in [0.1, 0.15) is 5.60 Å². The topological polar surface area (TPSA) is 175 Å². The van der Waals surface area contributed by atoms with Crippen LogP contribution in [0.4, 0.5) is 5.82 Å². The largest absolute Gasteiger partial charge is 0.547 e. The van der Waals surface area contributed by atoms with E-state index in [0.29, 0.717) is 5.82 Å². The van der Waals surface area contributed by atoms with Crippen LogP contribution in [0.25, 0.3) is 0 Å². The molecule has 1 rings (SSSR count). The molecule has 0 saturated carbocycles. The monoisotopic (exact) mass is 286 g/mol. The molecule has 6 N–H and O–H groups in total. The molecule has 0 fully saturated rings. The normalized spacial score (nSPS) is 10.1. The lowest BCUT2D eigenvalue weighted by Gasteiger charge is -2.25. The number of anilines is 1. The Bertz CT molecular complexity index is 459. The van der Waals surface area contributed by atoms with Crippen molar-refractivity contribution in [3.63, 3.8) is 0 Å². The lowest BCUT2D eigenvalue weighted by molar-refractivity contribution is -0.360. The second-order valence-corrected chi connectivity index (χ2v) is 3.78. The van der Waals surface area contributed by atoms with Crippen molar-refractivity contribution in [3.05, 3.63) is 24.4 Å². The van der Waals surface area contributed by atoms with Crippen molar-refractivity contribution in [2.24, 2.45) is 0 Å². The zero-order valence-electron chi connectivity index (χ0n) is 10.3. The van der Waals surface area contributed by atoms with Gasteiger partial charge in [0.15, 0.2) is 0 Å². The van der Waals surface area contributed by atoms with Crippen molar-refractivity contribution in [1.82, 2.24) is 0 Å². The van der Waals surface area contributed by atoms with Gasteiger partial charge in [-0.05, 0) is 6.07 Å². The van der Waals surface area contributed by atoms with Gasteiger partial charge in [0.05, 0.1) is 25.0 Å². The first-order valence-corrected chi connectivity index (χ1v) is 5.27. The number of carbonyl (C=O) groups excluding carboxylic acids is 1. The molecule has 0 saturated heterocycles. The first-order chi connectivity index (χ1) is 9.17. The molecule has 0 amide bonds. The molecule has 1 aromatic rings. The van der Waals surface area contributed by atoms with Crippen molar-refractivity contribution < 1.29 is 39.8 Å². The fourth-order valence-corrected chi connectivity index (χ4v) is 1.11. The molecule has 1 heterocycles. The van der Waals surface area contributed by atoms with Gasteiger partial charge < -0.3 is 25.2 Å². The van der Waals surface area contributed by atoms with E-state index in [4.69, 9.17) is 21.1 Å². The van der Waals surface area contributed by atoms with Gasteiger partial charge in [-0.15, -0.1) is 0 Å². The summed E-state index contributed by atoms with van der Waals surface area (Å²) in [5, 5.41) is 35.5. The molecule has 9 heteroatoms. The molecular weight excluding hydrogens is 272 g/mol. The Balaban J connectivity index is 0.000000428. The molecule has 0 aromatic carbocycles. The number of aliphatic hydroxyl groups is 1. The Labute approximate surface area is 113 Å². The number of aromatic amines is 1. The average molecular weight is 286 g/mol. The van der Waals surface area contributed by atoms with E-state index >= 15 is 0 Å². The van der Waals surface area contributed by atoms with Crippen molar-refractivity contribution in [2.75, 3.05) is 5.73 Å². The quantitative estimate of drug-likeness (QED) is 0.459. The van der Waals surface area contributed by atoms with Crippen molar-refractivity contribution in [2.45, 2.75) is 18.4 Å². The molecule has 0 spiro atoms. The van der Waals surface area contributed by atoms with E-state index in [2.05, 4.69) is 4.98 Å². The molecule has 0 atom stereocenters. The van der Waals surface area contributed by atoms with Crippen molar-refractivity contribution in [3.8, 4) is 0 Å². The number of pyridine rings is 1. The number of hydrogen-bond donors (Lipinski definition) is 4. The number of nitrogen functional groups attached to an aromatic ring is 1. The second kappa shape index (κ2) is 7.69. The molecule has 9 nitrogen and oxygen atoms in total. The van der Waals surface area contributed by atoms with Crippen LogP contribution in [0.5, 0.6) is 0 Å². The summed E-state index contributed by atoms with van der Waals surface area (Å²) < 4.78 is 0. The molecule has 0 unspecified atom stereocenters. The smallest absolute Gasteiger partial charge is 0.306 e. The summed E-state index contributed by atoms with van der Waals surface area (Å²) in [4.78, 5) is 33.1. The number of nitrogens with two attached hydrogens (primary N) is 1. The van der Waals surface area contributed by atoms with Gasteiger partial charge in [0, 0.05) is 6.07 Å². The fraction of sp³-hybridized carbons (Fsp3) is 0.273. The number of aliphatic carboxylic acids is 3. The van der Waals surface area contributed by atoms with Crippen LogP contribution >= 0.6 is 0 Å². The number of aromatic nitrogens is 1. The highest BCUT2D eigenvalue weighted by Crippen LogP contribution is 2.14. The number of hydrogen-bond acceptors (Lipinski definition) is 6. The molecule has 1 aromatic heterocycles. The standard InChI is InChI=1S/C6H8O7.C5H6N2/c7-3(8)1-6(13,5(11)12)2-4(9)10;6-5-3-1-2-4-7-5/h13H,1-2H2,(H,7,8)(H,9,10)(H,11,12);1-4H,(H2,6,7). The molecule has 0 bridgehead atoms. The highest BCUT2D eigenvalue weighted by molar-refractivity contribution is 5.86. The van der Waals surface area contributed by atoms with E-state index in [9.17, 15) is 19.5 Å². The van der Waals surface area contributed by atoms with Gasteiger partial charge in [0.25, 0.3) is 5.82 Å². The van der Waals surface area contributed by atoms with Crippen LogP contribution in [0.3, 0.4) is 0 Å². The number of carboxylic acids is 3. The second-order valence-electron chi connectivity index (χ2n) is 3.78. The molecule has 110 valence electrons. The van der Waals surface area contributed by atoms with E-state index in [-0.39, 0.29) is 0 Å². The summed E-state index contributed by atoms with van der Waals surface area (Å²) in [6, 6.07) is 5.57. The summed E-state index contributed by atoms with van der Waals surface area (Å²) in [6.45, 7) is 0. The highest BCUT2D eigenvalue weighted by Gasteiger charge is 2.34. The SMILES string of the molecule is Nc1cccc[nH+]1.O=C(O)CC(O)(CC(=O)O)C(=O)[O-]. The Morgan fingerprint density at radius 2 is 1.70 bits per heavy atom. The number of carbonyl (C=O) groups is 3. The van der Waals surface area contributed by atoms with Crippen LogP contribution in [-0.2, 0) is 14.4 Å². The number of nitrogens with one attached hydrogen (secondary N) is 1. The molecular formula is C11H14N2O7. The van der Waals surface area contributed by atoms with Gasteiger partial charge >= 0.3 is 11.9 Å². The Kier molecular flexibility index (Phi) is 6.66. The van der Waals surface area contributed by atoms with Crippen molar-refractivity contribution >= 4 is 23.7 Å². The van der Waals surface area contributed by atoms with Gasteiger partial charge in [-0.25, -0.2) is 4.98 Å². The Morgan fingerprint density at radius 3 is 1.90 bits per heavy atom. The lowest BCUT2D eigenvalue weighted by atomic mass is 9.96. The Hall–Kier alpha value is -2.68. The summed E-state index contributed by atoms with van der Waals surface area (Å²) in [6.07, 6.45) is -0.626. The van der Waals surface area contributed by atoms with Crippen molar-refractivity contribution in [1.29, 1.82) is 0 Å². The van der Waals surface area contributed by atoms with Crippen LogP contribution in [0.2, 0.25) is 0 Å². The first-order valence-electron chi connectivity index (χ1n) is 5.27. The Morgan fingerprint density at radius 1 is 1.20 bits per heavy atom. The van der Waals surface area contributed by atoms with Gasteiger partial charge in [-0.2, -0.15) is 0 Å². The van der Waals surface area contributed by atoms with Crippen LogP contribution in [0, 0.1) is 0 Å². The third kappa shape index (κ3) is 6.91. The first kappa shape index (κ1) is 17.3. The molecule has 20 heavy (non-hydrogen) atoms. The molecule has 0 aliphatic rings. The van der Waals surface area contributed by atoms with E-state index in [1.807, 2.05) is 12.1 Å². The molecule has 0 aliphatic heterocycles. The summed E-state index contributed by atoms with van der Waals surface area (Å²) in [5.41, 5.74) is 2.45. The average Bonchev–Trinajstić information content (AvgIpc) is 2.28. The molecule has 0 radical (unpaired) electrons.